The molecule has 2 rings (SSSR count). The van der Waals surface area contributed by atoms with Crippen LogP contribution in [-0.4, -0.2) is 30.4 Å². The van der Waals surface area contributed by atoms with Crippen LogP contribution in [0.2, 0.25) is 0 Å². The van der Waals surface area contributed by atoms with E-state index in [-0.39, 0.29) is 5.41 Å². The Morgan fingerprint density at radius 1 is 1.00 bits per heavy atom. The third-order valence-electron chi connectivity index (χ3n) is 4.58. The van der Waals surface area contributed by atoms with Gasteiger partial charge in [0.25, 0.3) is 0 Å². The molecule has 1 heterocycles. The second-order valence-corrected chi connectivity index (χ2v) is 5.88. The van der Waals surface area contributed by atoms with Gasteiger partial charge < -0.3 is 10.6 Å². The molecule has 3 nitrogen and oxygen atoms in total. The average Bonchev–Trinajstić information content (AvgIpc) is 2.41. The summed E-state index contributed by atoms with van der Waals surface area (Å²) in [5.74, 6) is 0.358. The number of hydrogen-bond acceptors (Lipinski definition) is 2. The van der Waals surface area contributed by atoms with Gasteiger partial charge in [0.15, 0.2) is 0 Å². The highest BCUT2D eigenvalue weighted by atomic mass is 16.2. The number of rotatable bonds is 3. The zero-order valence-electron chi connectivity index (χ0n) is 10.9. The number of amides is 1. The normalized spacial score (nSPS) is 24.6. The molecule has 1 saturated carbocycles. The van der Waals surface area contributed by atoms with Gasteiger partial charge in [0.05, 0.1) is 0 Å². The van der Waals surface area contributed by atoms with Crippen LogP contribution in [0.25, 0.3) is 0 Å². The maximum Gasteiger partial charge on any atom is 0.223 e. The topological polar surface area (TPSA) is 46.3 Å². The summed E-state index contributed by atoms with van der Waals surface area (Å²) in [5, 5.41) is 0. The van der Waals surface area contributed by atoms with E-state index in [9.17, 15) is 4.79 Å². The summed E-state index contributed by atoms with van der Waals surface area (Å²) in [5.41, 5.74) is 6.08. The van der Waals surface area contributed by atoms with Crippen LogP contribution in [0.15, 0.2) is 0 Å². The van der Waals surface area contributed by atoms with Crippen molar-refractivity contribution in [2.75, 3.05) is 19.6 Å². The maximum absolute atomic E-state index is 12.3. The lowest BCUT2D eigenvalue weighted by molar-refractivity contribution is -0.135. The molecule has 2 fully saturated rings. The largest absolute Gasteiger partial charge is 0.343 e. The summed E-state index contributed by atoms with van der Waals surface area (Å²) in [6.45, 7) is 2.63. The van der Waals surface area contributed by atoms with Crippen LogP contribution in [0.1, 0.15) is 57.8 Å². The fraction of sp³-hybridized carbons (Fsp3) is 0.929. The Bertz CT molecular complexity index is 253. The molecule has 1 aliphatic carbocycles. The van der Waals surface area contributed by atoms with Crippen molar-refractivity contribution in [3.63, 3.8) is 0 Å². The van der Waals surface area contributed by atoms with E-state index < -0.39 is 0 Å². The Kier molecular flexibility index (Phi) is 4.43. The predicted molar refractivity (Wildman–Crippen MR) is 69.6 cm³/mol. The lowest BCUT2D eigenvalue weighted by Gasteiger charge is -2.38. The first-order chi connectivity index (χ1) is 8.26. The number of piperidine rings is 1. The standard InChI is InChI=1S/C14H26N2O/c15-12-14(7-3-1-4-8-14)11-13(17)16-9-5-2-6-10-16/h1-12,15H2. The molecule has 98 valence electrons. The lowest BCUT2D eigenvalue weighted by atomic mass is 9.71. The van der Waals surface area contributed by atoms with Gasteiger partial charge in [0, 0.05) is 19.5 Å². The van der Waals surface area contributed by atoms with Gasteiger partial charge in [-0.1, -0.05) is 19.3 Å². The fourth-order valence-corrected chi connectivity index (χ4v) is 3.33. The molecular formula is C14H26N2O. The van der Waals surface area contributed by atoms with E-state index in [1.165, 1.54) is 38.5 Å². The Morgan fingerprint density at radius 2 is 1.59 bits per heavy atom. The first kappa shape index (κ1) is 12.9. The highest BCUT2D eigenvalue weighted by molar-refractivity contribution is 5.77. The average molecular weight is 238 g/mol. The van der Waals surface area contributed by atoms with Crippen molar-refractivity contribution in [1.29, 1.82) is 0 Å². The van der Waals surface area contributed by atoms with Crippen LogP contribution < -0.4 is 5.73 Å². The quantitative estimate of drug-likeness (QED) is 0.820. The van der Waals surface area contributed by atoms with Crippen LogP contribution in [0.3, 0.4) is 0 Å². The molecular weight excluding hydrogens is 212 g/mol. The van der Waals surface area contributed by atoms with Crippen LogP contribution >= 0.6 is 0 Å². The van der Waals surface area contributed by atoms with Gasteiger partial charge in [0.1, 0.15) is 0 Å². The summed E-state index contributed by atoms with van der Waals surface area (Å²) in [4.78, 5) is 14.4. The third-order valence-corrected chi connectivity index (χ3v) is 4.58. The summed E-state index contributed by atoms with van der Waals surface area (Å²) in [7, 11) is 0. The number of carbonyl (C=O) groups excluding carboxylic acids is 1. The zero-order valence-corrected chi connectivity index (χ0v) is 10.9. The smallest absolute Gasteiger partial charge is 0.223 e. The van der Waals surface area contributed by atoms with Crippen LogP contribution in [0, 0.1) is 5.41 Å². The van der Waals surface area contributed by atoms with E-state index in [0.29, 0.717) is 18.9 Å². The van der Waals surface area contributed by atoms with E-state index in [4.69, 9.17) is 5.73 Å². The van der Waals surface area contributed by atoms with Gasteiger partial charge in [-0.2, -0.15) is 0 Å². The molecule has 2 aliphatic rings. The van der Waals surface area contributed by atoms with E-state index in [1.807, 2.05) is 0 Å². The Morgan fingerprint density at radius 3 is 2.18 bits per heavy atom. The molecule has 0 radical (unpaired) electrons. The highest BCUT2D eigenvalue weighted by Gasteiger charge is 2.34. The maximum atomic E-state index is 12.3. The van der Waals surface area contributed by atoms with Gasteiger partial charge in [-0.05, 0) is 44.1 Å². The van der Waals surface area contributed by atoms with Crippen LogP contribution in [0.5, 0.6) is 0 Å². The van der Waals surface area contributed by atoms with Crippen molar-refractivity contribution >= 4 is 5.91 Å². The molecule has 0 spiro atoms. The minimum atomic E-state index is 0.132. The van der Waals surface area contributed by atoms with Crippen molar-refractivity contribution in [3.05, 3.63) is 0 Å². The van der Waals surface area contributed by atoms with E-state index in [2.05, 4.69) is 4.90 Å². The van der Waals surface area contributed by atoms with Crippen molar-refractivity contribution in [3.8, 4) is 0 Å². The fourth-order valence-electron chi connectivity index (χ4n) is 3.33. The summed E-state index contributed by atoms with van der Waals surface area (Å²) in [6, 6.07) is 0. The number of carbonyl (C=O) groups is 1. The molecule has 0 aromatic heterocycles. The molecule has 0 atom stereocenters. The van der Waals surface area contributed by atoms with Gasteiger partial charge in [0.2, 0.25) is 5.91 Å². The second kappa shape index (κ2) is 5.85. The van der Waals surface area contributed by atoms with Crippen molar-refractivity contribution in [2.24, 2.45) is 11.1 Å². The lowest BCUT2D eigenvalue weighted by Crippen LogP contribution is -2.42. The summed E-state index contributed by atoms with van der Waals surface area (Å²) in [6.07, 6.45) is 10.5. The molecule has 3 heteroatoms. The molecule has 1 aliphatic heterocycles. The van der Waals surface area contributed by atoms with Crippen LogP contribution in [-0.2, 0) is 4.79 Å². The van der Waals surface area contributed by atoms with Crippen LogP contribution in [0.4, 0.5) is 0 Å². The molecule has 0 aromatic carbocycles. The molecule has 0 aromatic rings. The van der Waals surface area contributed by atoms with E-state index in [1.54, 1.807) is 0 Å². The monoisotopic (exact) mass is 238 g/mol. The predicted octanol–water partition coefficient (Wildman–Crippen LogP) is 2.30. The summed E-state index contributed by atoms with van der Waals surface area (Å²) < 4.78 is 0. The van der Waals surface area contributed by atoms with Crippen molar-refractivity contribution < 1.29 is 4.79 Å². The minimum Gasteiger partial charge on any atom is -0.343 e. The van der Waals surface area contributed by atoms with Gasteiger partial charge in [-0.3, -0.25) is 4.79 Å². The summed E-state index contributed by atoms with van der Waals surface area (Å²) >= 11 is 0. The minimum absolute atomic E-state index is 0.132. The van der Waals surface area contributed by atoms with E-state index in [0.717, 1.165) is 25.9 Å². The number of hydrogen-bond donors (Lipinski definition) is 1. The molecule has 0 bridgehead atoms. The van der Waals surface area contributed by atoms with Gasteiger partial charge in [-0.25, -0.2) is 0 Å². The number of nitrogens with two attached hydrogens (primary N) is 1. The van der Waals surface area contributed by atoms with E-state index >= 15 is 0 Å². The number of nitrogens with zero attached hydrogens (tertiary/aromatic N) is 1. The molecule has 2 N–H and O–H groups in total. The molecule has 17 heavy (non-hydrogen) atoms. The van der Waals surface area contributed by atoms with Crippen molar-refractivity contribution in [2.45, 2.75) is 57.8 Å². The third kappa shape index (κ3) is 3.21. The van der Waals surface area contributed by atoms with Gasteiger partial charge in [-0.15, -0.1) is 0 Å². The first-order valence-corrected chi connectivity index (χ1v) is 7.24. The number of likely N-dealkylation sites (tertiary alicyclic amines) is 1. The first-order valence-electron chi connectivity index (χ1n) is 7.24. The van der Waals surface area contributed by atoms with Gasteiger partial charge >= 0.3 is 0 Å². The van der Waals surface area contributed by atoms with Crippen molar-refractivity contribution in [1.82, 2.24) is 4.90 Å². The zero-order chi connectivity index (χ0) is 12.1. The Balaban J connectivity index is 1.90. The second-order valence-electron chi connectivity index (χ2n) is 5.88. The molecule has 1 amide bonds. The highest BCUT2D eigenvalue weighted by Crippen LogP contribution is 2.38. The molecule has 0 unspecified atom stereocenters. The Labute approximate surface area is 105 Å². The SMILES string of the molecule is NCC1(CC(=O)N2CCCCC2)CCCCC1. The Hall–Kier alpha value is -0.570. The molecule has 1 saturated heterocycles.